The summed E-state index contributed by atoms with van der Waals surface area (Å²) < 4.78 is 25.9. The number of rotatable bonds is 7. The SMILES string of the molecule is Cc1nc(Oc2ccc(NC(=O)COc3ccc(F)cc3)cc2)cc(-n2cccc2)n1. The summed E-state index contributed by atoms with van der Waals surface area (Å²) in [4.78, 5) is 20.8. The molecule has 0 unspecified atom stereocenters. The second kappa shape index (κ2) is 9.08. The first-order chi connectivity index (χ1) is 15.0. The number of hydrogen-bond acceptors (Lipinski definition) is 5. The number of anilines is 1. The lowest BCUT2D eigenvalue weighted by Gasteiger charge is -2.10. The van der Waals surface area contributed by atoms with Crippen molar-refractivity contribution in [3.8, 4) is 23.2 Å². The number of ether oxygens (including phenoxy) is 2. The lowest BCUT2D eigenvalue weighted by molar-refractivity contribution is -0.118. The van der Waals surface area contributed by atoms with E-state index in [-0.39, 0.29) is 18.3 Å². The molecule has 2 aromatic carbocycles. The van der Waals surface area contributed by atoms with Gasteiger partial charge in [-0.2, -0.15) is 4.98 Å². The summed E-state index contributed by atoms with van der Waals surface area (Å²) in [5.74, 6) is 2.00. The van der Waals surface area contributed by atoms with Gasteiger partial charge in [0.1, 0.15) is 29.0 Å². The topological polar surface area (TPSA) is 78.3 Å². The van der Waals surface area contributed by atoms with Crippen molar-refractivity contribution in [2.75, 3.05) is 11.9 Å². The lowest BCUT2D eigenvalue weighted by atomic mass is 10.3. The van der Waals surface area contributed by atoms with Crippen LogP contribution in [0, 0.1) is 12.7 Å². The molecule has 0 aliphatic heterocycles. The molecule has 2 aromatic heterocycles. The van der Waals surface area contributed by atoms with Crippen LogP contribution in [0.1, 0.15) is 5.82 Å². The molecule has 0 saturated heterocycles. The van der Waals surface area contributed by atoms with Crippen molar-refractivity contribution in [3.63, 3.8) is 0 Å². The summed E-state index contributed by atoms with van der Waals surface area (Å²) in [6.07, 6.45) is 3.78. The minimum atomic E-state index is -0.364. The van der Waals surface area contributed by atoms with Gasteiger partial charge in [0.2, 0.25) is 5.88 Å². The Kier molecular flexibility index (Phi) is 5.89. The van der Waals surface area contributed by atoms with Gasteiger partial charge >= 0.3 is 0 Å². The van der Waals surface area contributed by atoms with Gasteiger partial charge in [0.15, 0.2) is 6.61 Å². The van der Waals surface area contributed by atoms with Crippen molar-refractivity contribution in [2.45, 2.75) is 6.92 Å². The van der Waals surface area contributed by atoms with Crippen LogP contribution in [0.4, 0.5) is 10.1 Å². The van der Waals surface area contributed by atoms with E-state index in [1.165, 1.54) is 24.3 Å². The third-order valence-electron chi connectivity index (χ3n) is 4.21. The van der Waals surface area contributed by atoms with Crippen molar-refractivity contribution >= 4 is 11.6 Å². The van der Waals surface area contributed by atoms with E-state index in [9.17, 15) is 9.18 Å². The van der Waals surface area contributed by atoms with Crippen LogP contribution in [0.25, 0.3) is 5.82 Å². The summed E-state index contributed by atoms with van der Waals surface area (Å²) in [5.41, 5.74) is 0.590. The Morgan fingerprint density at radius 3 is 2.39 bits per heavy atom. The molecule has 4 rings (SSSR count). The van der Waals surface area contributed by atoms with Crippen LogP contribution in [0.15, 0.2) is 79.1 Å². The Bertz CT molecular complexity index is 1160. The Hall–Kier alpha value is -4.20. The number of benzene rings is 2. The Morgan fingerprint density at radius 2 is 1.68 bits per heavy atom. The largest absolute Gasteiger partial charge is 0.484 e. The normalized spacial score (nSPS) is 10.5. The van der Waals surface area contributed by atoms with Gasteiger partial charge in [-0.25, -0.2) is 9.37 Å². The molecule has 0 atom stereocenters. The first-order valence-corrected chi connectivity index (χ1v) is 9.50. The highest BCUT2D eigenvalue weighted by molar-refractivity contribution is 5.91. The average molecular weight is 418 g/mol. The van der Waals surface area contributed by atoms with Gasteiger partial charge in [-0.1, -0.05) is 0 Å². The van der Waals surface area contributed by atoms with E-state index in [0.29, 0.717) is 34.7 Å². The van der Waals surface area contributed by atoms with E-state index >= 15 is 0 Å². The molecule has 7 nitrogen and oxygen atoms in total. The standard InChI is InChI=1S/C23H19FN4O3/c1-16-25-21(28-12-2-3-13-28)14-23(26-16)31-20-10-6-18(7-11-20)27-22(29)15-30-19-8-4-17(24)5-9-19/h2-14H,15H2,1H3,(H,27,29). The number of hydrogen-bond donors (Lipinski definition) is 1. The van der Waals surface area contributed by atoms with Gasteiger partial charge in [0.25, 0.3) is 5.91 Å². The summed E-state index contributed by atoms with van der Waals surface area (Å²) in [6.45, 7) is 1.61. The summed E-state index contributed by atoms with van der Waals surface area (Å²) in [7, 11) is 0. The highest BCUT2D eigenvalue weighted by Gasteiger charge is 2.07. The van der Waals surface area contributed by atoms with Gasteiger partial charge in [-0.05, 0) is 67.6 Å². The molecular weight excluding hydrogens is 399 g/mol. The molecule has 4 aromatic rings. The fourth-order valence-corrected chi connectivity index (χ4v) is 2.80. The van der Waals surface area contributed by atoms with Crippen LogP contribution in [0.5, 0.6) is 17.4 Å². The van der Waals surface area contributed by atoms with E-state index in [1.54, 1.807) is 37.3 Å². The quantitative estimate of drug-likeness (QED) is 0.477. The number of carbonyl (C=O) groups is 1. The van der Waals surface area contributed by atoms with Gasteiger partial charge in [-0.15, -0.1) is 0 Å². The third-order valence-corrected chi connectivity index (χ3v) is 4.21. The zero-order valence-corrected chi connectivity index (χ0v) is 16.7. The maximum absolute atomic E-state index is 12.9. The predicted octanol–water partition coefficient (Wildman–Crippen LogP) is 4.52. The van der Waals surface area contributed by atoms with Gasteiger partial charge in [0.05, 0.1) is 0 Å². The van der Waals surface area contributed by atoms with Crippen molar-refractivity contribution in [3.05, 3.63) is 90.8 Å². The molecule has 8 heteroatoms. The van der Waals surface area contributed by atoms with Crippen LogP contribution in [0.2, 0.25) is 0 Å². The lowest BCUT2D eigenvalue weighted by Crippen LogP contribution is -2.20. The van der Waals surface area contributed by atoms with Crippen LogP contribution in [0.3, 0.4) is 0 Å². The van der Waals surface area contributed by atoms with Gasteiger partial charge in [-0.3, -0.25) is 4.79 Å². The maximum Gasteiger partial charge on any atom is 0.262 e. The fourth-order valence-electron chi connectivity index (χ4n) is 2.80. The first-order valence-electron chi connectivity index (χ1n) is 9.50. The van der Waals surface area contributed by atoms with Crippen LogP contribution >= 0.6 is 0 Å². The van der Waals surface area contributed by atoms with Crippen molar-refractivity contribution in [1.82, 2.24) is 14.5 Å². The molecule has 0 fully saturated rings. The molecule has 0 radical (unpaired) electrons. The number of amides is 1. The first kappa shape index (κ1) is 20.1. The van der Waals surface area contributed by atoms with Crippen LogP contribution in [-0.4, -0.2) is 27.0 Å². The van der Waals surface area contributed by atoms with Gasteiger partial charge in [0, 0.05) is 24.1 Å². The van der Waals surface area contributed by atoms with E-state index in [0.717, 1.165) is 0 Å². The predicted molar refractivity (Wildman–Crippen MR) is 113 cm³/mol. The number of aryl methyl sites for hydroxylation is 1. The second-order valence-electron chi connectivity index (χ2n) is 6.62. The Morgan fingerprint density at radius 1 is 1.00 bits per heavy atom. The Labute approximate surface area is 178 Å². The van der Waals surface area contributed by atoms with Crippen molar-refractivity contribution < 1.29 is 18.7 Å². The molecule has 2 heterocycles. The maximum atomic E-state index is 12.9. The smallest absolute Gasteiger partial charge is 0.262 e. The highest BCUT2D eigenvalue weighted by atomic mass is 19.1. The van der Waals surface area contributed by atoms with Gasteiger partial charge < -0.3 is 19.4 Å². The molecule has 0 bridgehead atoms. The molecule has 0 saturated carbocycles. The zero-order chi connectivity index (χ0) is 21.6. The molecule has 1 N–H and O–H groups in total. The van der Waals surface area contributed by atoms with E-state index in [2.05, 4.69) is 15.3 Å². The molecular formula is C23H19FN4O3. The van der Waals surface area contributed by atoms with Crippen molar-refractivity contribution in [1.29, 1.82) is 0 Å². The summed E-state index contributed by atoms with van der Waals surface area (Å²) >= 11 is 0. The monoisotopic (exact) mass is 418 g/mol. The number of aromatic nitrogens is 3. The number of halogens is 1. The number of nitrogens with zero attached hydrogens (tertiary/aromatic N) is 3. The molecule has 156 valence electrons. The second-order valence-corrected chi connectivity index (χ2v) is 6.62. The number of carbonyl (C=O) groups excluding carboxylic acids is 1. The fraction of sp³-hybridized carbons (Fsp3) is 0.0870. The van der Waals surface area contributed by atoms with E-state index in [4.69, 9.17) is 9.47 Å². The minimum Gasteiger partial charge on any atom is -0.484 e. The number of nitrogens with one attached hydrogen (secondary N) is 1. The van der Waals surface area contributed by atoms with Crippen LogP contribution in [-0.2, 0) is 4.79 Å². The highest BCUT2D eigenvalue weighted by Crippen LogP contribution is 2.23. The molecule has 0 aliphatic rings. The summed E-state index contributed by atoms with van der Waals surface area (Å²) in [6, 6.07) is 17.9. The minimum absolute atomic E-state index is 0.188. The van der Waals surface area contributed by atoms with Crippen LogP contribution < -0.4 is 14.8 Å². The summed E-state index contributed by atoms with van der Waals surface area (Å²) in [5, 5.41) is 2.73. The zero-order valence-electron chi connectivity index (χ0n) is 16.7. The Balaban J connectivity index is 1.35. The van der Waals surface area contributed by atoms with Crippen molar-refractivity contribution in [2.24, 2.45) is 0 Å². The van der Waals surface area contributed by atoms with E-state index < -0.39 is 0 Å². The average Bonchev–Trinajstić information content (AvgIpc) is 3.29. The molecule has 0 aliphatic carbocycles. The molecule has 1 amide bonds. The third kappa shape index (κ3) is 5.45. The molecule has 31 heavy (non-hydrogen) atoms. The van der Waals surface area contributed by atoms with E-state index in [1.807, 2.05) is 29.1 Å². The molecule has 0 spiro atoms.